The van der Waals surface area contributed by atoms with E-state index in [1.807, 2.05) is 48.5 Å². The summed E-state index contributed by atoms with van der Waals surface area (Å²) < 4.78 is 6.85. The van der Waals surface area contributed by atoms with Gasteiger partial charge in [-0.15, -0.1) is 0 Å². The smallest absolute Gasteiger partial charge is 0.266 e. The molecule has 3 aromatic carbocycles. The molecule has 0 bridgehead atoms. The summed E-state index contributed by atoms with van der Waals surface area (Å²) in [5.41, 5.74) is 1.89. The summed E-state index contributed by atoms with van der Waals surface area (Å²) in [5, 5.41) is 12.9. The highest BCUT2D eigenvalue weighted by atomic mass is 127. The Balaban J connectivity index is 1.89. The molecule has 0 spiro atoms. The third kappa shape index (κ3) is 5.99. The molecule has 0 aliphatic rings. The van der Waals surface area contributed by atoms with Crippen LogP contribution in [0.5, 0.6) is 5.75 Å². The van der Waals surface area contributed by atoms with Crippen molar-refractivity contribution in [1.29, 1.82) is 5.26 Å². The first kappa shape index (κ1) is 22.2. The molecule has 0 aliphatic carbocycles. The van der Waals surface area contributed by atoms with Crippen LogP contribution in [0.2, 0.25) is 10.0 Å². The number of hydrogen-bond acceptors (Lipinski definition) is 3. The lowest BCUT2D eigenvalue weighted by atomic mass is 10.1. The fourth-order valence-corrected chi connectivity index (χ4v) is 3.75. The second-order valence-corrected chi connectivity index (χ2v) is 8.30. The zero-order valence-electron chi connectivity index (χ0n) is 15.5. The minimum atomic E-state index is -0.537. The van der Waals surface area contributed by atoms with Crippen LogP contribution in [0.15, 0.2) is 72.3 Å². The molecule has 4 nitrogen and oxygen atoms in total. The van der Waals surface area contributed by atoms with Crippen molar-refractivity contribution < 1.29 is 9.53 Å². The monoisotopic (exact) mass is 548 g/mol. The van der Waals surface area contributed by atoms with Gasteiger partial charge in [0.2, 0.25) is 0 Å². The number of anilines is 1. The van der Waals surface area contributed by atoms with Crippen LogP contribution in [-0.4, -0.2) is 5.91 Å². The number of nitrogens with one attached hydrogen (secondary N) is 1. The first-order valence-corrected chi connectivity index (χ1v) is 10.6. The van der Waals surface area contributed by atoms with Gasteiger partial charge in [-0.3, -0.25) is 4.79 Å². The zero-order valence-corrected chi connectivity index (χ0v) is 19.2. The number of amides is 1. The third-order valence-corrected chi connectivity index (χ3v) is 5.18. The van der Waals surface area contributed by atoms with E-state index in [9.17, 15) is 10.1 Å². The van der Waals surface area contributed by atoms with E-state index in [-0.39, 0.29) is 12.2 Å². The highest BCUT2D eigenvalue weighted by Gasteiger charge is 2.15. The van der Waals surface area contributed by atoms with E-state index in [2.05, 4.69) is 27.9 Å². The zero-order chi connectivity index (χ0) is 21.5. The summed E-state index contributed by atoms with van der Waals surface area (Å²) in [6.07, 6.45) is 1.42. The summed E-state index contributed by atoms with van der Waals surface area (Å²) in [5.74, 6) is -0.190. The highest BCUT2D eigenvalue weighted by Crippen LogP contribution is 2.34. The molecular weight excluding hydrogens is 534 g/mol. The first-order chi connectivity index (χ1) is 14.5. The molecule has 1 N–H and O–H groups in total. The number of nitrogens with zero attached hydrogens (tertiary/aromatic N) is 1. The standard InChI is InChI=1S/C23H15Cl2IN2O2/c24-18-10-16(22(21(25)11-18)30-14-15-5-2-1-3-6-15)9-17(13-27)23(29)28-20-8-4-7-19(26)12-20/h1-12H,14H2,(H,28,29)/b17-9+. The molecule has 3 rings (SSSR count). The molecule has 0 aromatic heterocycles. The van der Waals surface area contributed by atoms with E-state index in [1.54, 1.807) is 24.3 Å². The van der Waals surface area contributed by atoms with E-state index < -0.39 is 5.91 Å². The normalized spacial score (nSPS) is 10.9. The van der Waals surface area contributed by atoms with Gasteiger partial charge in [-0.1, -0.05) is 59.6 Å². The number of hydrogen-bond donors (Lipinski definition) is 1. The minimum Gasteiger partial charge on any atom is -0.487 e. The number of benzene rings is 3. The second kappa shape index (κ2) is 10.5. The molecule has 0 atom stereocenters. The molecule has 0 unspecified atom stereocenters. The number of carbonyl (C=O) groups is 1. The maximum atomic E-state index is 12.6. The Morgan fingerprint density at radius 1 is 1.10 bits per heavy atom. The second-order valence-electron chi connectivity index (χ2n) is 6.21. The predicted molar refractivity (Wildman–Crippen MR) is 129 cm³/mol. The van der Waals surface area contributed by atoms with Crippen LogP contribution in [0.1, 0.15) is 11.1 Å². The van der Waals surface area contributed by atoms with Crippen molar-refractivity contribution in [2.24, 2.45) is 0 Å². The van der Waals surface area contributed by atoms with Gasteiger partial charge >= 0.3 is 0 Å². The summed E-state index contributed by atoms with van der Waals surface area (Å²) in [6.45, 7) is 0.277. The van der Waals surface area contributed by atoms with Crippen LogP contribution in [0.4, 0.5) is 5.69 Å². The van der Waals surface area contributed by atoms with Crippen LogP contribution < -0.4 is 10.1 Å². The van der Waals surface area contributed by atoms with Crippen LogP contribution in [0.25, 0.3) is 6.08 Å². The molecule has 150 valence electrons. The quantitative estimate of drug-likeness (QED) is 0.211. The Morgan fingerprint density at radius 3 is 2.57 bits per heavy atom. The maximum Gasteiger partial charge on any atom is 0.266 e. The molecule has 30 heavy (non-hydrogen) atoms. The Kier molecular flexibility index (Phi) is 7.75. The number of halogens is 3. The summed E-state index contributed by atoms with van der Waals surface area (Å²) in [7, 11) is 0. The van der Waals surface area contributed by atoms with Crippen molar-refractivity contribution in [3.05, 3.63) is 97.0 Å². The maximum absolute atomic E-state index is 12.6. The van der Waals surface area contributed by atoms with Crippen molar-refractivity contribution in [2.75, 3.05) is 5.32 Å². The Morgan fingerprint density at radius 2 is 1.87 bits per heavy atom. The molecule has 7 heteroatoms. The molecule has 0 fully saturated rings. The van der Waals surface area contributed by atoms with Gasteiger partial charge in [0.1, 0.15) is 24.0 Å². The van der Waals surface area contributed by atoms with Crippen molar-refractivity contribution in [3.63, 3.8) is 0 Å². The fraction of sp³-hybridized carbons (Fsp3) is 0.0435. The Bertz CT molecular complexity index is 1140. The van der Waals surface area contributed by atoms with Gasteiger partial charge in [-0.25, -0.2) is 0 Å². The van der Waals surface area contributed by atoms with Crippen LogP contribution in [-0.2, 0) is 11.4 Å². The number of carbonyl (C=O) groups excluding carboxylic acids is 1. The van der Waals surface area contributed by atoms with Gasteiger partial charge in [0.05, 0.1) is 5.02 Å². The van der Waals surface area contributed by atoms with Crippen molar-refractivity contribution in [3.8, 4) is 11.8 Å². The Hall–Kier alpha value is -2.53. The largest absolute Gasteiger partial charge is 0.487 e. The van der Waals surface area contributed by atoms with Gasteiger partial charge in [-0.05, 0) is 64.6 Å². The van der Waals surface area contributed by atoms with Crippen LogP contribution in [0.3, 0.4) is 0 Å². The topological polar surface area (TPSA) is 62.1 Å². The van der Waals surface area contributed by atoms with E-state index in [0.29, 0.717) is 27.0 Å². The van der Waals surface area contributed by atoms with Crippen LogP contribution in [0, 0.1) is 14.9 Å². The number of ether oxygens (including phenoxy) is 1. The summed E-state index contributed by atoms with van der Waals surface area (Å²) >= 11 is 14.6. The van der Waals surface area contributed by atoms with Gasteiger partial charge in [-0.2, -0.15) is 5.26 Å². The average Bonchev–Trinajstić information content (AvgIpc) is 2.72. The van der Waals surface area contributed by atoms with Gasteiger partial charge < -0.3 is 10.1 Å². The van der Waals surface area contributed by atoms with E-state index >= 15 is 0 Å². The predicted octanol–water partition coefficient (Wildman–Crippen LogP) is 6.72. The number of rotatable bonds is 6. The highest BCUT2D eigenvalue weighted by molar-refractivity contribution is 14.1. The lowest BCUT2D eigenvalue weighted by Crippen LogP contribution is -2.13. The fourth-order valence-electron chi connectivity index (χ4n) is 2.64. The van der Waals surface area contributed by atoms with Gasteiger partial charge in [0, 0.05) is 19.8 Å². The van der Waals surface area contributed by atoms with Crippen LogP contribution >= 0.6 is 45.8 Å². The SMILES string of the molecule is N#C/C(=C\c1cc(Cl)cc(Cl)c1OCc1ccccc1)C(=O)Nc1cccc(I)c1. The Labute approximate surface area is 198 Å². The van der Waals surface area contributed by atoms with E-state index in [0.717, 1.165) is 9.13 Å². The molecule has 0 saturated heterocycles. The number of nitriles is 1. The van der Waals surface area contributed by atoms with Crippen molar-refractivity contribution in [2.45, 2.75) is 6.61 Å². The van der Waals surface area contributed by atoms with Gasteiger partial charge in [0.15, 0.2) is 0 Å². The summed E-state index contributed by atoms with van der Waals surface area (Å²) in [6, 6.07) is 21.9. The lowest BCUT2D eigenvalue weighted by molar-refractivity contribution is -0.112. The van der Waals surface area contributed by atoms with Gasteiger partial charge in [0.25, 0.3) is 5.91 Å². The summed E-state index contributed by atoms with van der Waals surface area (Å²) in [4.78, 5) is 12.6. The molecule has 0 heterocycles. The van der Waals surface area contributed by atoms with E-state index in [4.69, 9.17) is 27.9 Å². The molecule has 0 aliphatic heterocycles. The molecule has 0 saturated carbocycles. The van der Waals surface area contributed by atoms with Crippen molar-refractivity contribution in [1.82, 2.24) is 0 Å². The lowest BCUT2D eigenvalue weighted by Gasteiger charge is -2.12. The molecule has 1 amide bonds. The third-order valence-electron chi connectivity index (χ3n) is 4.01. The minimum absolute atomic E-state index is 0.100. The molecular formula is C23H15Cl2IN2O2. The van der Waals surface area contributed by atoms with E-state index in [1.165, 1.54) is 6.08 Å². The molecule has 3 aromatic rings. The van der Waals surface area contributed by atoms with Crippen molar-refractivity contribution >= 4 is 63.5 Å². The molecule has 0 radical (unpaired) electrons. The average molecular weight is 549 g/mol. The first-order valence-electron chi connectivity index (χ1n) is 8.81.